The van der Waals surface area contributed by atoms with E-state index in [1.165, 1.54) is 11.3 Å². The van der Waals surface area contributed by atoms with Gasteiger partial charge in [-0.05, 0) is 22.0 Å². The van der Waals surface area contributed by atoms with Crippen molar-refractivity contribution in [3.63, 3.8) is 0 Å². The Kier molecular flexibility index (Phi) is 4.24. The van der Waals surface area contributed by atoms with Gasteiger partial charge in [-0.25, -0.2) is 0 Å². The molecular weight excluding hydrogens is 319 g/mol. The van der Waals surface area contributed by atoms with Crippen molar-refractivity contribution in [2.75, 3.05) is 6.54 Å². The molecule has 1 rings (SSSR count). The fourth-order valence-corrected chi connectivity index (χ4v) is 2.71. The van der Waals surface area contributed by atoms with Crippen molar-refractivity contribution in [1.29, 1.82) is 0 Å². The predicted molar refractivity (Wildman–Crippen MR) is 64.1 cm³/mol. The van der Waals surface area contributed by atoms with Gasteiger partial charge in [0.1, 0.15) is 0 Å². The molecule has 0 radical (unpaired) electrons. The van der Waals surface area contributed by atoms with Crippen LogP contribution in [-0.4, -0.2) is 18.6 Å². The summed E-state index contributed by atoms with van der Waals surface area (Å²) in [6.45, 7) is 3.50. The van der Waals surface area contributed by atoms with Crippen LogP contribution in [0.15, 0.2) is 15.9 Å². The van der Waals surface area contributed by atoms with Crippen molar-refractivity contribution >= 4 is 33.2 Å². The summed E-state index contributed by atoms with van der Waals surface area (Å²) in [5, 5.41) is 3.75. The molecule has 1 aromatic heterocycles. The monoisotopic (exact) mass is 329 g/mol. The van der Waals surface area contributed by atoms with Gasteiger partial charge < -0.3 is 5.32 Å². The van der Waals surface area contributed by atoms with Crippen LogP contribution in [-0.2, 0) is 10.2 Å². The average Bonchev–Trinajstić information content (AvgIpc) is 2.60. The number of carbonyl (C=O) groups is 1. The lowest BCUT2D eigenvalue weighted by Gasteiger charge is -2.23. The van der Waals surface area contributed by atoms with Gasteiger partial charge in [-0.1, -0.05) is 13.8 Å². The Hall–Kier alpha value is -0.560. The third-order valence-corrected chi connectivity index (χ3v) is 4.24. The van der Waals surface area contributed by atoms with Crippen molar-refractivity contribution in [1.82, 2.24) is 5.32 Å². The molecule has 0 atom stereocenters. The zero-order chi connectivity index (χ0) is 13.3. The number of carbonyl (C=O) groups excluding carboxylic acids is 1. The number of nitrogens with one attached hydrogen (secondary N) is 1. The second kappa shape index (κ2) is 4.97. The van der Waals surface area contributed by atoms with E-state index in [0.717, 1.165) is 9.35 Å². The summed E-state index contributed by atoms with van der Waals surface area (Å²) in [6.07, 6.45) is -4.83. The maximum atomic E-state index is 12.0. The summed E-state index contributed by atoms with van der Waals surface area (Å²) >= 11 is 4.72. The Labute approximate surface area is 109 Å². The fraction of sp³-hybridized carbons (Fsp3) is 0.500. The van der Waals surface area contributed by atoms with E-state index in [-0.39, 0.29) is 6.54 Å². The first kappa shape index (κ1) is 14.5. The Morgan fingerprint density at radius 1 is 1.47 bits per heavy atom. The highest BCUT2D eigenvalue weighted by atomic mass is 79.9. The van der Waals surface area contributed by atoms with E-state index >= 15 is 0 Å². The van der Waals surface area contributed by atoms with E-state index in [0.29, 0.717) is 0 Å². The molecule has 0 aromatic carbocycles. The van der Waals surface area contributed by atoms with Gasteiger partial charge in [0.15, 0.2) is 0 Å². The second-order valence-corrected chi connectivity index (χ2v) is 6.02. The molecule has 17 heavy (non-hydrogen) atoms. The number of amides is 1. The van der Waals surface area contributed by atoms with Crippen LogP contribution in [0.25, 0.3) is 0 Å². The predicted octanol–water partition coefficient (Wildman–Crippen LogP) is 3.47. The van der Waals surface area contributed by atoms with Gasteiger partial charge >= 0.3 is 12.1 Å². The molecule has 0 aliphatic carbocycles. The van der Waals surface area contributed by atoms with Gasteiger partial charge in [-0.3, -0.25) is 4.79 Å². The smallest absolute Gasteiger partial charge is 0.347 e. The quantitative estimate of drug-likeness (QED) is 0.903. The summed E-state index contributed by atoms with van der Waals surface area (Å²) < 4.78 is 36.9. The normalized spacial score (nSPS) is 12.6. The topological polar surface area (TPSA) is 29.1 Å². The van der Waals surface area contributed by atoms with E-state index < -0.39 is 17.5 Å². The minimum atomic E-state index is -4.83. The van der Waals surface area contributed by atoms with E-state index in [1.54, 1.807) is 13.8 Å². The zero-order valence-electron chi connectivity index (χ0n) is 9.19. The van der Waals surface area contributed by atoms with Crippen LogP contribution in [0.5, 0.6) is 0 Å². The summed E-state index contributed by atoms with van der Waals surface area (Å²) in [4.78, 5) is 11.6. The van der Waals surface area contributed by atoms with Crippen LogP contribution in [0.1, 0.15) is 18.7 Å². The lowest BCUT2D eigenvalue weighted by atomic mass is 9.91. The van der Waals surface area contributed by atoms with Gasteiger partial charge in [0.05, 0.1) is 0 Å². The van der Waals surface area contributed by atoms with Crippen LogP contribution >= 0.6 is 27.3 Å². The van der Waals surface area contributed by atoms with Crippen molar-refractivity contribution in [2.45, 2.75) is 25.4 Å². The van der Waals surface area contributed by atoms with Crippen molar-refractivity contribution in [2.24, 2.45) is 0 Å². The Balaban J connectivity index is 2.65. The van der Waals surface area contributed by atoms with E-state index in [4.69, 9.17) is 0 Å². The van der Waals surface area contributed by atoms with Gasteiger partial charge in [-0.2, -0.15) is 13.2 Å². The van der Waals surface area contributed by atoms with E-state index in [9.17, 15) is 18.0 Å². The van der Waals surface area contributed by atoms with E-state index in [2.05, 4.69) is 15.9 Å². The lowest BCUT2D eigenvalue weighted by Crippen LogP contribution is -2.42. The fourth-order valence-electron chi connectivity index (χ4n) is 1.16. The SMILES string of the molecule is CC(C)(CNC(=O)C(F)(F)F)c1cc(Br)cs1. The Morgan fingerprint density at radius 2 is 2.06 bits per heavy atom. The van der Waals surface area contributed by atoms with Gasteiger partial charge in [0.2, 0.25) is 0 Å². The second-order valence-electron chi connectivity index (χ2n) is 4.19. The molecule has 0 aliphatic heterocycles. The minimum absolute atomic E-state index is 0.0572. The van der Waals surface area contributed by atoms with Crippen molar-refractivity contribution in [3.8, 4) is 0 Å². The van der Waals surface area contributed by atoms with Gasteiger partial charge in [0, 0.05) is 26.7 Å². The van der Waals surface area contributed by atoms with Crippen LogP contribution in [0.2, 0.25) is 0 Å². The maximum absolute atomic E-state index is 12.0. The van der Waals surface area contributed by atoms with Crippen molar-refractivity contribution < 1.29 is 18.0 Å². The summed E-state index contributed by atoms with van der Waals surface area (Å²) in [7, 11) is 0. The standard InChI is InChI=1S/C10H11BrF3NOS/c1-9(2,7-3-6(11)4-17-7)5-15-8(16)10(12,13)14/h3-4H,5H2,1-2H3,(H,15,16). The molecule has 0 aliphatic rings. The molecule has 1 heterocycles. The molecule has 1 aromatic rings. The van der Waals surface area contributed by atoms with E-state index in [1.807, 2.05) is 16.8 Å². The number of hydrogen-bond acceptors (Lipinski definition) is 2. The molecule has 0 saturated carbocycles. The molecule has 0 unspecified atom stereocenters. The molecule has 0 spiro atoms. The molecular formula is C10H11BrF3NOS. The molecule has 0 fully saturated rings. The first-order chi connectivity index (χ1) is 7.63. The molecule has 1 amide bonds. The summed E-state index contributed by atoms with van der Waals surface area (Å²) in [5.74, 6) is -1.90. The first-order valence-electron chi connectivity index (χ1n) is 4.72. The third-order valence-electron chi connectivity index (χ3n) is 2.18. The van der Waals surface area contributed by atoms with Gasteiger partial charge in [-0.15, -0.1) is 11.3 Å². The zero-order valence-corrected chi connectivity index (χ0v) is 11.6. The van der Waals surface area contributed by atoms with Crippen molar-refractivity contribution in [3.05, 3.63) is 20.8 Å². The Bertz CT molecular complexity index is 414. The molecule has 7 heteroatoms. The minimum Gasteiger partial charge on any atom is -0.347 e. The third kappa shape index (κ3) is 3.99. The summed E-state index contributed by atoms with van der Waals surface area (Å²) in [5.41, 5.74) is -0.530. The number of hydrogen-bond donors (Lipinski definition) is 1. The number of rotatable bonds is 3. The molecule has 0 saturated heterocycles. The number of alkyl halides is 3. The lowest BCUT2D eigenvalue weighted by molar-refractivity contribution is -0.173. The molecule has 2 nitrogen and oxygen atoms in total. The maximum Gasteiger partial charge on any atom is 0.471 e. The average molecular weight is 330 g/mol. The number of halogens is 4. The van der Waals surface area contributed by atoms with Gasteiger partial charge in [0.25, 0.3) is 0 Å². The molecule has 0 bridgehead atoms. The molecule has 96 valence electrons. The van der Waals surface area contributed by atoms with Crippen LogP contribution < -0.4 is 5.32 Å². The highest BCUT2D eigenvalue weighted by molar-refractivity contribution is 9.10. The highest BCUT2D eigenvalue weighted by Crippen LogP contribution is 2.31. The van der Waals surface area contributed by atoms with Crippen LogP contribution in [0, 0.1) is 0 Å². The highest BCUT2D eigenvalue weighted by Gasteiger charge is 2.39. The van der Waals surface area contributed by atoms with Crippen LogP contribution in [0.3, 0.4) is 0 Å². The molecule has 1 N–H and O–H groups in total. The first-order valence-corrected chi connectivity index (χ1v) is 6.40. The Morgan fingerprint density at radius 3 is 2.47 bits per heavy atom. The summed E-state index contributed by atoms with van der Waals surface area (Å²) in [6, 6.07) is 1.84. The number of thiophene rings is 1. The largest absolute Gasteiger partial charge is 0.471 e. The van der Waals surface area contributed by atoms with Crippen LogP contribution in [0.4, 0.5) is 13.2 Å².